The molecule has 1 atom stereocenters. The number of rotatable bonds is 11. The highest BCUT2D eigenvalue weighted by Gasteiger charge is 2.38. The van der Waals surface area contributed by atoms with Crippen LogP contribution in [0.2, 0.25) is 0 Å². The number of thiazole rings is 1. The minimum atomic E-state index is -2.37. The van der Waals surface area contributed by atoms with Crippen LogP contribution in [0.5, 0.6) is 0 Å². The van der Waals surface area contributed by atoms with E-state index in [1.807, 2.05) is 0 Å². The van der Waals surface area contributed by atoms with Crippen LogP contribution < -0.4 is 5.32 Å². The number of carbonyl (C=O) groups is 2. The quantitative estimate of drug-likeness (QED) is 0.104. The molecule has 1 aliphatic heterocycles. The lowest BCUT2D eigenvalue weighted by molar-refractivity contribution is -0.384. The summed E-state index contributed by atoms with van der Waals surface area (Å²) in [4.78, 5) is 41.3. The number of ether oxygens (including phenoxy) is 2. The molecule has 1 unspecified atom stereocenters. The van der Waals surface area contributed by atoms with Gasteiger partial charge in [-0.15, -0.1) is 11.3 Å². The summed E-state index contributed by atoms with van der Waals surface area (Å²) in [5.74, 6) is -2.28. The van der Waals surface area contributed by atoms with E-state index in [1.54, 1.807) is 32.2 Å². The number of allylic oxidation sites excluding steroid dienone is 2. The molecular formula is C26H29N3O8S2. The zero-order chi connectivity index (χ0) is 28.7. The average molecular weight is 576 g/mol. The largest absolute Gasteiger partial charge is 0.466 e. The minimum Gasteiger partial charge on any atom is -0.466 e. The molecule has 0 radical (unpaired) electrons. The molecule has 11 nitrogen and oxygen atoms in total. The molecule has 0 aliphatic carbocycles. The first kappa shape index (κ1) is 29.7. The smallest absolute Gasteiger partial charge is 0.336 e. The van der Waals surface area contributed by atoms with E-state index in [4.69, 9.17) is 9.47 Å². The van der Waals surface area contributed by atoms with Gasteiger partial charge in [0.25, 0.3) is 5.69 Å². The van der Waals surface area contributed by atoms with Crippen LogP contribution in [-0.2, 0) is 29.4 Å². The number of methoxy groups -OCH3 is 1. The van der Waals surface area contributed by atoms with E-state index in [0.29, 0.717) is 47.6 Å². The first-order valence-corrected chi connectivity index (χ1v) is 14.1. The number of carbonyl (C=O) groups excluding carboxylic acids is 2. The Morgan fingerprint density at radius 2 is 1.79 bits per heavy atom. The highest BCUT2D eigenvalue weighted by molar-refractivity contribution is 7.73. The number of dihydropyridines is 1. The number of hydrogen-bond acceptors (Lipinski definition) is 11. The topological polar surface area (TPSA) is 155 Å². The summed E-state index contributed by atoms with van der Waals surface area (Å²) >= 11 is 1.28. The van der Waals surface area contributed by atoms with Gasteiger partial charge < -0.3 is 14.8 Å². The lowest BCUT2D eigenvalue weighted by Crippen LogP contribution is -2.32. The average Bonchev–Trinajstić information content (AvgIpc) is 3.32. The summed E-state index contributed by atoms with van der Waals surface area (Å²) < 4.78 is 33.7. The van der Waals surface area contributed by atoms with Crippen molar-refractivity contribution < 1.29 is 32.4 Å². The third-order valence-corrected chi connectivity index (χ3v) is 8.09. The standard InChI is InChI=1S/C26H29N3O8S2/c1-15-14-38-24(27-15)20(39(34)35)11-6-5-7-12-37-26(31)22-17(3)28-16(2)21(25(30)36-4)23(22)18-9-8-10-19(13-18)29(32)33/h8-10,13-14,23,28H,5-7,11-12H2,1-4H3. The van der Waals surface area contributed by atoms with Crippen LogP contribution in [-0.4, -0.2) is 48.8 Å². The van der Waals surface area contributed by atoms with E-state index in [1.165, 1.54) is 36.6 Å². The molecule has 2 heterocycles. The number of nitro groups is 1. The lowest BCUT2D eigenvalue weighted by Gasteiger charge is -2.30. The number of hydrogen-bond donors (Lipinski definition) is 1. The van der Waals surface area contributed by atoms with Crippen molar-refractivity contribution in [2.75, 3.05) is 13.7 Å². The molecule has 2 aromatic rings. The molecule has 0 fully saturated rings. The van der Waals surface area contributed by atoms with E-state index >= 15 is 0 Å². The van der Waals surface area contributed by atoms with Gasteiger partial charge >= 0.3 is 11.9 Å². The second-order valence-corrected chi connectivity index (χ2v) is 10.7. The van der Waals surface area contributed by atoms with Crippen LogP contribution in [0.3, 0.4) is 0 Å². The van der Waals surface area contributed by atoms with E-state index in [9.17, 15) is 28.1 Å². The van der Waals surface area contributed by atoms with Gasteiger partial charge in [0.2, 0.25) is 10.3 Å². The number of nitro benzene ring substituents is 1. The second-order valence-electron chi connectivity index (χ2n) is 8.88. The van der Waals surface area contributed by atoms with Crippen molar-refractivity contribution in [2.45, 2.75) is 52.4 Å². The van der Waals surface area contributed by atoms with Gasteiger partial charge in [0.05, 0.1) is 35.7 Å². The highest BCUT2D eigenvalue weighted by Crippen LogP contribution is 2.40. The summed E-state index contributed by atoms with van der Waals surface area (Å²) in [6, 6.07) is 5.75. The Labute approximate surface area is 231 Å². The Kier molecular flexibility index (Phi) is 10.1. The Balaban J connectivity index is 1.72. The number of aromatic nitrogens is 1. The molecule has 0 saturated heterocycles. The summed E-state index contributed by atoms with van der Waals surface area (Å²) in [6.07, 6.45) is 1.98. The molecule has 0 spiro atoms. The second kappa shape index (κ2) is 13.3. The van der Waals surface area contributed by atoms with Crippen molar-refractivity contribution >= 4 is 44.1 Å². The fourth-order valence-corrected chi connectivity index (χ4v) is 5.96. The summed E-state index contributed by atoms with van der Waals surface area (Å²) in [5.41, 5.74) is 2.18. The highest BCUT2D eigenvalue weighted by atomic mass is 32.2. The maximum Gasteiger partial charge on any atom is 0.336 e. The van der Waals surface area contributed by atoms with Gasteiger partial charge in [-0.2, -0.15) is 8.42 Å². The van der Waals surface area contributed by atoms with Crippen LogP contribution in [0.1, 0.15) is 61.7 Å². The van der Waals surface area contributed by atoms with Crippen LogP contribution in [0.4, 0.5) is 5.69 Å². The van der Waals surface area contributed by atoms with Gasteiger partial charge in [-0.05, 0) is 52.0 Å². The van der Waals surface area contributed by atoms with Crippen LogP contribution in [0.25, 0.3) is 0 Å². The van der Waals surface area contributed by atoms with Crippen molar-refractivity contribution in [1.29, 1.82) is 0 Å². The van der Waals surface area contributed by atoms with Gasteiger partial charge in [0, 0.05) is 34.6 Å². The molecular weight excluding hydrogens is 546 g/mol. The lowest BCUT2D eigenvalue weighted by atomic mass is 9.80. The summed E-state index contributed by atoms with van der Waals surface area (Å²) in [6.45, 7) is 5.20. The number of aryl methyl sites for hydroxylation is 1. The van der Waals surface area contributed by atoms with Gasteiger partial charge in [-0.1, -0.05) is 12.1 Å². The summed E-state index contributed by atoms with van der Waals surface area (Å²) in [5, 5.41) is 16.7. The fourth-order valence-electron chi connectivity index (χ4n) is 4.35. The minimum absolute atomic E-state index is 0.0691. The molecule has 13 heteroatoms. The molecule has 1 aromatic carbocycles. The molecule has 1 aromatic heterocycles. The van der Waals surface area contributed by atoms with Crippen molar-refractivity contribution in [3.8, 4) is 0 Å². The third-order valence-electron chi connectivity index (χ3n) is 6.14. The van der Waals surface area contributed by atoms with E-state index in [0.717, 1.165) is 5.69 Å². The first-order chi connectivity index (χ1) is 18.5. The maximum absolute atomic E-state index is 13.3. The zero-order valence-electron chi connectivity index (χ0n) is 22.0. The molecule has 3 rings (SSSR count). The van der Waals surface area contributed by atoms with Gasteiger partial charge in [-0.25, -0.2) is 14.6 Å². The number of non-ortho nitro benzene ring substituents is 1. The number of unbranched alkanes of at least 4 members (excludes halogenated alkanes) is 2. The van der Waals surface area contributed by atoms with E-state index in [-0.39, 0.29) is 28.3 Å². The normalized spacial score (nSPS) is 15.0. The van der Waals surface area contributed by atoms with Crippen molar-refractivity contribution in [3.05, 3.63) is 78.6 Å². The van der Waals surface area contributed by atoms with Gasteiger partial charge in [0.1, 0.15) is 9.87 Å². The van der Waals surface area contributed by atoms with Crippen molar-refractivity contribution in [2.24, 2.45) is 0 Å². The third kappa shape index (κ3) is 7.18. The summed E-state index contributed by atoms with van der Waals surface area (Å²) in [7, 11) is -1.15. The van der Waals surface area contributed by atoms with Gasteiger partial charge in [0.15, 0.2) is 0 Å². The number of nitrogens with one attached hydrogen (secondary N) is 1. The molecule has 1 N–H and O–H groups in total. The molecule has 0 saturated carbocycles. The predicted molar refractivity (Wildman–Crippen MR) is 146 cm³/mol. The molecule has 1 aliphatic rings. The van der Waals surface area contributed by atoms with Gasteiger partial charge in [-0.3, -0.25) is 10.1 Å². The predicted octanol–water partition coefficient (Wildman–Crippen LogP) is 3.97. The van der Waals surface area contributed by atoms with Crippen molar-refractivity contribution in [1.82, 2.24) is 10.3 Å². The number of benzene rings is 1. The van der Waals surface area contributed by atoms with Crippen LogP contribution in [0.15, 0.2) is 52.2 Å². The van der Waals surface area contributed by atoms with E-state index in [2.05, 4.69) is 10.3 Å². The van der Waals surface area contributed by atoms with Crippen LogP contribution >= 0.6 is 11.3 Å². The van der Waals surface area contributed by atoms with E-state index < -0.39 is 33.1 Å². The number of nitrogens with zero attached hydrogens (tertiary/aromatic N) is 2. The van der Waals surface area contributed by atoms with Crippen LogP contribution in [0, 0.1) is 17.0 Å². The Morgan fingerprint density at radius 3 is 2.38 bits per heavy atom. The molecule has 0 amide bonds. The number of esters is 2. The Bertz CT molecular complexity index is 1480. The SMILES string of the molecule is COC(=O)C1=C(C)NC(C)=C(C(=O)OCCCCCC(c2nc(C)cs2)=S(=O)=O)C1c1cccc([N+](=O)[O-])c1. The maximum atomic E-state index is 13.3. The fraction of sp³-hybridized carbons (Fsp3) is 0.385. The zero-order valence-corrected chi connectivity index (χ0v) is 23.6. The monoisotopic (exact) mass is 575 g/mol. The molecule has 0 bridgehead atoms. The molecule has 208 valence electrons. The molecule has 39 heavy (non-hydrogen) atoms. The Hall–Kier alpha value is -3.84. The van der Waals surface area contributed by atoms with Crippen molar-refractivity contribution in [3.63, 3.8) is 0 Å². The Morgan fingerprint density at radius 1 is 1.10 bits per heavy atom. The first-order valence-electron chi connectivity index (χ1n) is 12.1.